The summed E-state index contributed by atoms with van der Waals surface area (Å²) in [4.78, 5) is 36.3. The Labute approximate surface area is 163 Å². The molecule has 2 atom stereocenters. The first-order valence-corrected chi connectivity index (χ1v) is 9.42. The second-order valence-corrected chi connectivity index (χ2v) is 6.70. The van der Waals surface area contributed by atoms with Crippen molar-refractivity contribution in [1.29, 1.82) is 0 Å². The lowest BCUT2D eigenvalue weighted by Gasteiger charge is -2.21. The third-order valence-electron chi connectivity index (χ3n) is 4.69. The average molecular weight is 384 g/mol. The molecule has 2 heterocycles. The second-order valence-electron chi connectivity index (χ2n) is 6.70. The highest BCUT2D eigenvalue weighted by Crippen LogP contribution is 2.26. The van der Waals surface area contributed by atoms with E-state index in [4.69, 9.17) is 9.47 Å². The number of carbonyl (C=O) groups is 3. The number of hydrogen-bond acceptors (Lipinski definition) is 5. The Hall–Kier alpha value is -3.09. The summed E-state index contributed by atoms with van der Waals surface area (Å²) in [5.74, 6) is -0.258. The van der Waals surface area contributed by atoms with E-state index in [0.29, 0.717) is 25.0 Å². The summed E-state index contributed by atoms with van der Waals surface area (Å²) in [6, 6.07) is 7.01. The van der Waals surface area contributed by atoms with E-state index in [1.165, 1.54) is 6.08 Å². The van der Waals surface area contributed by atoms with Gasteiger partial charge in [0, 0.05) is 30.1 Å². The lowest BCUT2D eigenvalue weighted by molar-refractivity contribution is -0.137. The van der Waals surface area contributed by atoms with Crippen molar-refractivity contribution in [2.75, 3.05) is 19.8 Å². The molecule has 0 saturated carbocycles. The first-order chi connectivity index (χ1) is 13.6. The number of fused-ring (bicyclic) bond motifs is 1. The number of carbonyl (C=O) groups excluding carboxylic acids is 3. The van der Waals surface area contributed by atoms with Crippen molar-refractivity contribution in [3.63, 3.8) is 0 Å². The van der Waals surface area contributed by atoms with Crippen LogP contribution in [-0.4, -0.2) is 43.6 Å². The van der Waals surface area contributed by atoms with Crippen molar-refractivity contribution in [2.24, 2.45) is 5.92 Å². The van der Waals surface area contributed by atoms with E-state index in [1.54, 1.807) is 19.1 Å². The summed E-state index contributed by atoms with van der Waals surface area (Å²) in [5, 5.41) is 5.69. The van der Waals surface area contributed by atoms with E-state index in [-0.39, 0.29) is 30.9 Å². The van der Waals surface area contributed by atoms with Crippen molar-refractivity contribution in [1.82, 2.24) is 10.6 Å². The monoisotopic (exact) mass is 384 g/mol. The second kappa shape index (κ2) is 9.21. The van der Waals surface area contributed by atoms with E-state index in [1.807, 2.05) is 24.3 Å². The van der Waals surface area contributed by atoms with Gasteiger partial charge in [-0.15, -0.1) is 0 Å². The number of para-hydroxylation sites is 1. The van der Waals surface area contributed by atoms with Gasteiger partial charge >= 0.3 is 5.97 Å². The summed E-state index contributed by atoms with van der Waals surface area (Å²) in [7, 11) is 0. The Kier molecular flexibility index (Phi) is 6.47. The minimum absolute atomic E-state index is 0.0297. The summed E-state index contributed by atoms with van der Waals surface area (Å²) < 4.78 is 10.5. The Balaban J connectivity index is 1.70. The molecule has 0 aromatic heterocycles. The summed E-state index contributed by atoms with van der Waals surface area (Å²) in [6.45, 7) is 2.79. The van der Waals surface area contributed by atoms with Crippen LogP contribution in [0.15, 0.2) is 42.0 Å². The zero-order chi connectivity index (χ0) is 19.9. The van der Waals surface area contributed by atoms with Crippen molar-refractivity contribution in [2.45, 2.75) is 25.8 Å². The fourth-order valence-corrected chi connectivity index (χ4v) is 3.26. The maximum absolute atomic E-state index is 12.7. The van der Waals surface area contributed by atoms with Crippen LogP contribution in [0, 0.1) is 5.92 Å². The fourth-order valence-electron chi connectivity index (χ4n) is 3.26. The predicted molar refractivity (Wildman–Crippen MR) is 103 cm³/mol. The zero-order valence-electron chi connectivity index (χ0n) is 15.8. The standard InChI is InChI=1S/C21H24N2O5/c1-2-27-19(24)8-7-17(12-15-9-10-22-20(15)25)23-21(26)16-11-14-5-3-4-6-18(14)28-13-16/h3-8,11,15,17H,2,9-10,12-13H2,1H3,(H,22,25)(H,23,26)/b8-7+/t15-,17+/m0/s1. The fraction of sp³-hybridized carbons (Fsp3) is 0.381. The summed E-state index contributed by atoms with van der Waals surface area (Å²) in [5.41, 5.74) is 1.33. The Bertz CT molecular complexity index is 815. The molecular weight excluding hydrogens is 360 g/mol. The van der Waals surface area contributed by atoms with Crippen LogP contribution in [0.2, 0.25) is 0 Å². The molecule has 148 valence electrons. The minimum Gasteiger partial charge on any atom is -0.488 e. The Morgan fingerprint density at radius 3 is 2.96 bits per heavy atom. The molecule has 0 radical (unpaired) electrons. The number of amides is 2. The lowest BCUT2D eigenvalue weighted by Crippen LogP contribution is -2.38. The molecule has 2 aliphatic rings. The van der Waals surface area contributed by atoms with Gasteiger partial charge in [-0.3, -0.25) is 9.59 Å². The molecule has 3 rings (SSSR count). The molecule has 2 amide bonds. The van der Waals surface area contributed by atoms with Gasteiger partial charge in [-0.05, 0) is 31.9 Å². The maximum Gasteiger partial charge on any atom is 0.330 e. The molecule has 1 aromatic carbocycles. The third kappa shape index (κ3) is 5.00. The van der Waals surface area contributed by atoms with Gasteiger partial charge in [0.05, 0.1) is 12.2 Å². The van der Waals surface area contributed by atoms with Gasteiger partial charge in [0.1, 0.15) is 12.4 Å². The van der Waals surface area contributed by atoms with E-state index >= 15 is 0 Å². The van der Waals surface area contributed by atoms with Gasteiger partial charge in [-0.1, -0.05) is 24.3 Å². The van der Waals surface area contributed by atoms with Crippen LogP contribution in [0.3, 0.4) is 0 Å². The number of esters is 1. The smallest absolute Gasteiger partial charge is 0.330 e. The topological polar surface area (TPSA) is 93.7 Å². The van der Waals surface area contributed by atoms with Gasteiger partial charge in [0.25, 0.3) is 5.91 Å². The van der Waals surface area contributed by atoms with Crippen LogP contribution < -0.4 is 15.4 Å². The number of nitrogens with one attached hydrogen (secondary N) is 2. The number of rotatable bonds is 7. The van der Waals surface area contributed by atoms with E-state index in [9.17, 15) is 14.4 Å². The highest BCUT2D eigenvalue weighted by atomic mass is 16.5. The molecule has 0 bridgehead atoms. The van der Waals surface area contributed by atoms with Crippen molar-refractivity contribution >= 4 is 23.9 Å². The molecule has 1 fully saturated rings. The number of ether oxygens (including phenoxy) is 2. The molecule has 1 saturated heterocycles. The first kappa shape index (κ1) is 19.7. The lowest BCUT2D eigenvalue weighted by atomic mass is 9.97. The van der Waals surface area contributed by atoms with Crippen molar-refractivity contribution in [3.8, 4) is 5.75 Å². The summed E-state index contributed by atoms with van der Waals surface area (Å²) in [6.07, 6.45) is 5.79. The third-order valence-corrected chi connectivity index (χ3v) is 4.69. The minimum atomic E-state index is -0.480. The Morgan fingerprint density at radius 2 is 2.21 bits per heavy atom. The maximum atomic E-state index is 12.7. The molecule has 0 aliphatic carbocycles. The van der Waals surface area contributed by atoms with Crippen molar-refractivity contribution in [3.05, 3.63) is 47.6 Å². The Morgan fingerprint density at radius 1 is 1.39 bits per heavy atom. The molecule has 28 heavy (non-hydrogen) atoms. The largest absolute Gasteiger partial charge is 0.488 e. The van der Waals surface area contributed by atoms with E-state index in [0.717, 1.165) is 11.3 Å². The molecular formula is C21H24N2O5. The SMILES string of the molecule is CCOC(=O)/C=C/[C@H](C[C@@H]1CCNC1=O)NC(=O)C1=Cc2ccccc2OC1. The molecule has 1 aromatic rings. The van der Waals surface area contributed by atoms with Gasteiger partial charge in [0.2, 0.25) is 5.91 Å². The molecule has 7 heteroatoms. The van der Waals surface area contributed by atoms with Crippen LogP contribution >= 0.6 is 0 Å². The highest BCUT2D eigenvalue weighted by Gasteiger charge is 2.28. The molecule has 2 N–H and O–H groups in total. The van der Waals surface area contributed by atoms with Crippen LogP contribution in [0.5, 0.6) is 5.75 Å². The van der Waals surface area contributed by atoms with E-state index < -0.39 is 12.0 Å². The van der Waals surface area contributed by atoms with Crippen molar-refractivity contribution < 1.29 is 23.9 Å². The highest BCUT2D eigenvalue weighted by molar-refractivity contribution is 5.99. The zero-order valence-corrected chi connectivity index (χ0v) is 15.8. The number of hydrogen-bond donors (Lipinski definition) is 2. The quantitative estimate of drug-likeness (QED) is 0.550. The van der Waals surface area contributed by atoms with Crippen LogP contribution in [-0.2, 0) is 19.1 Å². The van der Waals surface area contributed by atoms with Crippen LogP contribution in [0.1, 0.15) is 25.3 Å². The molecule has 0 spiro atoms. The predicted octanol–water partition coefficient (Wildman–Crippen LogP) is 1.59. The van der Waals surface area contributed by atoms with Gasteiger partial charge in [0.15, 0.2) is 0 Å². The normalized spacial score (nSPS) is 19.2. The van der Waals surface area contributed by atoms with E-state index in [2.05, 4.69) is 10.6 Å². The molecule has 2 aliphatic heterocycles. The molecule has 7 nitrogen and oxygen atoms in total. The van der Waals surface area contributed by atoms with Gasteiger partial charge in [-0.25, -0.2) is 4.79 Å². The van der Waals surface area contributed by atoms with Gasteiger partial charge < -0.3 is 20.1 Å². The number of benzene rings is 1. The summed E-state index contributed by atoms with van der Waals surface area (Å²) >= 11 is 0. The molecule has 0 unspecified atom stereocenters. The first-order valence-electron chi connectivity index (χ1n) is 9.42. The van der Waals surface area contributed by atoms with Crippen LogP contribution in [0.25, 0.3) is 6.08 Å². The average Bonchev–Trinajstić information content (AvgIpc) is 3.10. The van der Waals surface area contributed by atoms with Gasteiger partial charge in [-0.2, -0.15) is 0 Å². The van der Waals surface area contributed by atoms with Crippen LogP contribution in [0.4, 0.5) is 0 Å².